The van der Waals surface area contributed by atoms with Gasteiger partial charge in [0, 0.05) is 5.69 Å². The first-order valence-electron chi connectivity index (χ1n) is 7.65. The second-order valence-corrected chi connectivity index (χ2v) is 5.96. The third kappa shape index (κ3) is 3.75. The van der Waals surface area contributed by atoms with Crippen molar-refractivity contribution in [1.82, 2.24) is 0 Å². The molecular weight excluding hydrogens is 250 g/mol. The molecule has 0 heterocycles. The lowest BCUT2D eigenvalue weighted by Crippen LogP contribution is -2.15. The van der Waals surface area contributed by atoms with Gasteiger partial charge in [-0.3, -0.25) is 0 Å². The molecule has 0 spiro atoms. The van der Waals surface area contributed by atoms with E-state index in [1.165, 1.54) is 25.7 Å². The summed E-state index contributed by atoms with van der Waals surface area (Å²) in [5, 5.41) is 0. The molecular formula is C17H25NO2. The summed E-state index contributed by atoms with van der Waals surface area (Å²) in [7, 11) is 0. The van der Waals surface area contributed by atoms with E-state index in [0.717, 1.165) is 23.8 Å². The van der Waals surface area contributed by atoms with Gasteiger partial charge in [-0.1, -0.05) is 25.8 Å². The molecule has 2 N–H and O–H groups in total. The van der Waals surface area contributed by atoms with Crippen LogP contribution in [0.2, 0.25) is 0 Å². The summed E-state index contributed by atoms with van der Waals surface area (Å²) in [5.74, 6) is 1.31. The predicted molar refractivity (Wildman–Crippen MR) is 81.6 cm³/mol. The van der Waals surface area contributed by atoms with Crippen LogP contribution < -0.4 is 5.73 Å². The van der Waals surface area contributed by atoms with E-state index in [1.807, 2.05) is 12.1 Å². The molecule has 1 saturated carbocycles. The van der Waals surface area contributed by atoms with Crippen LogP contribution in [0.4, 0.5) is 5.69 Å². The van der Waals surface area contributed by atoms with E-state index in [2.05, 4.69) is 6.92 Å². The Labute approximate surface area is 121 Å². The lowest BCUT2D eigenvalue weighted by molar-refractivity contribution is 0.0526. The fourth-order valence-electron chi connectivity index (χ4n) is 2.97. The molecule has 0 bridgehead atoms. The summed E-state index contributed by atoms with van der Waals surface area (Å²) < 4.78 is 4.99. The van der Waals surface area contributed by atoms with Crippen LogP contribution in [0.15, 0.2) is 18.2 Å². The highest BCUT2D eigenvalue weighted by atomic mass is 16.5. The zero-order valence-electron chi connectivity index (χ0n) is 12.5. The Morgan fingerprint density at radius 2 is 2.00 bits per heavy atom. The molecule has 1 aromatic carbocycles. The number of benzene rings is 1. The molecule has 0 aromatic heterocycles. The van der Waals surface area contributed by atoms with Crippen molar-refractivity contribution in [2.75, 3.05) is 12.3 Å². The highest BCUT2D eigenvalue weighted by Crippen LogP contribution is 2.31. The lowest BCUT2D eigenvalue weighted by atomic mass is 9.80. The van der Waals surface area contributed by atoms with Crippen molar-refractivity contribution in [3.05, 3.63) is 29.3 Å². The molecule has 0 aliphatic heterocycles. The number of carbonyl (C=O) groups excluding carboxylic acids is 1. The van der Waals surface area contributed by atoms with Crippen molar-refractivity contribution in [2.45, 2.75) is 46.0 Å². The number of rotatable bonds is 4. The highest BCUT2D eigenvalue weighted by molar-refractivity contribution is 5.90. The van der Waals surface area contributed by atoms with Gasteiger partial charge in [-0.2, -0.15) is 0 Å². The normalized spacial score (nSPS) is 22.5. The molecule has 0 radical (unpaired) electrons. The number of ether oxygens (including phenoxy) is 1. The van der Waals surface area contributed by atoms with Crippen LogP contribution in [0, 0.1) is 11.8 Å². The summed E-state index contributed by atoms with van der Waals surface area (Å²) in [6.07, 6.45) is 6.26. The average Bonchev–Trinajstić information content (AvgIpc) is 2.43. The van der Waals surface area contributed by atoms with Crippen LogP contribution in [0.3, 0.4) is 0 Å². The molecule has 1 aromatic rings. The third-order valence-corrected chi connectivity index (χ3v) is 4.30. The van der Waals surface area contributed by atoms with E-state index >= 15 is 0 Å². The molecule has 20 heavy (non-hydrogen) atoms. The first-order valence-corrected chi connectivity index (χ1v) is 7.65. The van der Waals surface area contributed by atoms with Gasteiger partial charge >= 0.3 is 5.97 Å². The Kier molecular flexibility index (Phi) is 5.05. The van der Waals surface area contributed by atoms with Crippen molar-refractivity contribution >= 4 is 11.7 Å². The Morgan fingerprint density at radius 3 is 2.60 bits per heavy atom. The van der Waals surface area contributed by atoms with E-state index in [9.17, 15) is 4.79 Å². The number of hydrogen-bond donors (Lipinski definition) is 1. The van der Waals surface area contributed by atoms with E-state index < -0.39 is 0 Å². The predicted octanol–water partition coefficient (Wildman–Crippen LogP) is 3.81. The van der Waals surface area contributed by atoms with E-state index in [0.29, 0.717) is 17.9 Å². The summed E-state index contributed by atoms with van der Waals surface area (Å²) in [6.45, 7) is 4.53. The van der Waals surface area contributed by atoms with Crippen LogP contribution in [0.1, 0.15) is 55.5 Å². The van der Waals surface area contributed by atoms with Gasteiger partial charge in [0.05, 0.1) is 12.2 Å². The zero-order chi connectivity index (χ0) is 14.5. The fraction of sp³-hybridized carbons (Fsp3) is 0.588. The van der Waals surface area contributed by atoms with Crippen molar-refractivity contribution in [2.24, 2.45) is 11.8 Å². The quantitative estimate of drug-likeness (QED) is 0.671. The van der Waals surface area contributed by atoms with E-state index in [-0.39, 0.29) is 5.97 Å². The van der Waals surface area contributed by atoms with Crippen molar-refractivity contribution < 1.29 is 9.53 Å². The number of hydrogen-bond acceptors (Lipinski definition) is 3. The van der Waals surface area contributed by atoms with Gasteiger partial charge in [0.15, 0.2) is 0 Å². The Balaban J connectivity index is 2.00. The number of esters is 1. The molecule has 1 fully saturated rings. The number of carbonyl (C=O) groups is 1. The Hall–Kier alpha value is -1.51. The maximum Gasteiger partial charge on any atom is 0.338 e. The average molecular weight is 275 g/mol. The van der Waals surface area contributed by atoms with Gasteiger partial charge in [0.1, 0.15) is 0 Å². The smallest absolute Gasteiger partial charge is 0.338 e. The minimum Gasteiger partial charge on any atom is -0.462 e. The zero-order valence-corrected chi connectivity index (χ0v) is 12.5. The van der Waals surface area contributed by atoms with E-state index in [4.69, 9.17) is 10.5 Å². The number of anilines is 1. The highest BCUT2D eigenvalue weighted by Gasteiger charge is 2.19. The molecule has 0 unspecified atom stereocenters. The maximum atomic E-state index is 11.7. The van der Waals surface area contributed by atoms with Crippen LogP contribution >= 0.6 is 0 Å². The molecule has 2 rings (SSSR count). The number of nitrogen functional groups attached to an aromatic ring is 1. The van der Waals surface area contributed by atoms with Gasteiger partial charge < -0.3 is 10.5 Å². The first kappa shape index (κ1) is 14.9. The fourth-order valence-corrected chi connectivity index (χ4v) is 2.97. The van der Waals surface area contributed by atoms with Gasteiger partial charge in [-0.05, 0) is 55.7 Å². The largest absolute Gasteiger partial charge is 0.462 e. The summed E-state index contributed by atoms with van der Waals surface area (Å²) in [5.41, 5.74) is 8.52. The SMILES string of the molecule is CCOC(=O)c1ccc(CC2CCC(C)CC2)c(N)c1. The molecule has 110 valence electrons. The molecule has 0 amide bonds. The van der Waals surface area contributed by atoms with Crippen molar-refractivity contribution in [1.29, 1.82) is 0 Å². The molecule has 0 atom stereocenters. The summed E-state index contributed by atoms with van der Waals surface area (Å²) in [6, 6.07) is 5.56. The van der Waals surface area contributed by atoms with Crippen LogP contribution in [-0.4, -0.2) is 12.6 Å². The second kappa shape index (κ2) is 6.78. The molecule has 1 aliphatic carbocycles. The van der Waals surface area contributed by atoms with Gasteiger partial charge in [-0.15, -0.1) is 0 Å². The van der Waals surface area contributed by atoms with Gasteiger partial charge in [0.25, 0.3) is 0 Å². The molecule has 0 saturated heterocycles. The van der Waals surface area contributed by atoms with Crippen LogP contribution in [0.25, 0.3) is 0 Å². The Morgan fingerprint density at radius 1 is 1.30 bits per heavy atom. The number of nitrogens with two attached hydrogens (primary N) is 1. The minimum absolute atomic E-state index is 0.294. The van der Waals surface area contributed by atoms with E-state index in [1.54, 1.807) is 13.0 Å². The van der Waals surface area contributed by atoms with Gasteiger partial charge in [-0.25, -0.2) is 4.79 Å². The monoisotopic (exact) mass is 275 g/mol. The topological polar surface area (TPSA) is 52.3 Å². The van der Waals surface area contributed by atoms with Gasteiger partial charge in [0.2, 0.25) is 0 Å². The Bertz CT molecular complexity index is 462. The first-order chi connectivity index (χ1) is 9.60. The van der Waals surface area contributed by atoms with Crippen LogP contribution in [-0.2, 0) is 11.2 Å². The molecule has 3 heteroatoms. The van der Waals surface area contributed by atoms with Crippen LogP contribution in [0.5, 0.6) is 0 Å². The second-order valence-electron chi connectivity index (χ2n) is 5.96. The van der Waals surface area contributed by atoms with Crippen molar-refractivity contribution in [3.8, 4) is 0 Å². The third-order valence-electron chi connectivity index (χ3n) is 4.30. The van der Waals surface area contributed by atoms with Crippen molar-refractivity contribution in [3.63, 3.8) is 0 Å². The summed E-state index contributed by atoms with van der Waals surface area (Å²) >= 11 is 0. The maximum absolute atomic E-state index is 11.7. The summed E-state index contributed by atoms with van der Waals surface area (Å²) in [4.78, 5) is 11.7. The minimum atomic E-state index is -0.294. The standard InChI is InChI=1S/C17H25NO2/c1-3-20-17(19)15-9-8-14(16(18)11-15)10-13-6-4-12(2)5-7-13/h8-9,11-13H,3-7,10,18H2,1-2H3. The molecule has 1 aliphatic rings. The lowest BCUT2D eigenvalue weighted by Gasteiger charge is -2.26. The molecule has 3 nitrogen and oxygen atoms in total.